The van der Waals surface area contributed by atoms with Gasteiger partial charge in [0, 0.05) is 35.2 Å². The van der Waals surface area contributed by atoms with E-state index in [2.05, 4.69) is 11.8 Å². The van der Waals surface area contributed by atoms with Crippen molar-refractivity contribution in [3.8, 4) is 22.8 Å². The van der Waals surface area contributed by atoms with Gasteiger partial charge in [0.15, 0.2) is 5.43 Å². The topological polar surface area (TPSA) is 94.1 Å². The predicted molar refractivity (Wildman–Crippen MR) is 116 cm³/mol. The number of hydrogen-bond acceptors (Lipinski definition) is 6. The summed E-state index contributed by atoms with van der Waals surface area (Å²) in [6.45, 7) is 3.58. The summed E-state index contributed by atoms with van der Waals surface area (Å²) in [6, 6.07) is 9.27. The maximum Gasteiger partial charge on any atom is 0.197 e. The van der Waals surface area contributed by atoms with E-state index in [1.807, 2.05) is 0 Å². The van der Waals surface area contributed by atoms with Gasteiger partial charge in [-0.25, -0.2) is 0 Å². The largest absolute Gasteiger partial charge is 0.507 e. The summed E-state index contributed by atoms with van der Waals surface area (Å²) in [5, 5.41) is 31.6. The number of phenols is 2. The Morgan fingerprint density at radius 3 is 2.67 bits per heavy atom. The average Bonchev–Trinajstić information content (AvgIpc) is 3.10. The van der Waals surface area contributed by atoms with Crippen LogP contribution >= 0.6 is 11.6 Å². The number of nitrogens with zero attached hydrogens (tertiary/aromatic N) is 1. The first-order valence-corrected chi connectivity index (χ1v) is 10.5. The third kappa shape index (κ3) is 3.45. The van der Waals surface area contributed by atoms with Gasteiger partial charge in [-0.15, -0.1) is 0 Å². The van der Waals surface area contributed by atoms with Crippen molar-refractivity contribution in [2.24, 2.45) is 0 Å². The Kier molecular flexibility index (Phi) is 5.73. The van der Waals surface area contributed by atoms with E-state index in [1.165, 1.54) is 12.1 Å². The number of aliphatic hydroxyl groups is 1. The zero-order valence-corrected chi connectivity index (χ0v) is 17.4. The molecule has 0 radical (unpaired) electrons. The molecule has 7 heteroatoms. The molecule has 1 aromatic heterocycles. The number of benzene rings is 2. The molecule has 6 nitrogen and oxygen atoms in total. The second-order valence-corrected chi connectivity index (χ2v) is 8.08. The number of phenolic OH excluding ortho intramolecular Hbond substituents is 2. The Bertz CT molecular complexity index is 1140. The van der Waals surface area contributed by atoms with E-state index in [0.717, 1.165) is 19.5 Å². The molecule has 0 amide bonds. The smallest absolute Gasteiger partial charge is 0.197 e. The maximum absolute atomic E-state index is 12.9. The fourth-order valence-corrected chi connectivity index (χ4v) is 4.76. The lowest BCUT2D eigenvalue weighted by Gasteiger charge is -2.27. The van der Waals surface area contributed by atoms with Crippen molar-refractivity contribution >= 4 is 22.6 Å². The summed E-state index contributed by atoms with van der Waals surface area (Å²) in [6.07, 6.45) is 1.63. The van der Waals surface area contributed by atoms with Crippen molar-refractivity contribution in [3.05, 3.63) is 57.2 Å². The van der Waals surface area contributed by atoms with E-state index < -0.39 is 5.43 Å². The number of rotatable bonds is 5. The van der Waals surface area contributed by atoms with Crippen LogP contribution in [0.1, 0.15) is 31.2 Å². The fourth-order valence-electron chi connectivity index (χ4n) is 4.54. The van der Waals surface area contributed by atoms with Crippen LogP contribution in [0, 0.1) is 0 Å². The monoisotopic (exact) mass is 429 g/mol. The molecule has 1 aliphatic heterocycles. The van der Waals surface area contributed by atoms with Crippen LogP contribution in [0.5, 0.6) is 11.5 Å². The summed E-state index contributed by atoms with van der Waals surface area (Å²) >= 11 is 6.29. The minimum Gasteiger partial charge on any atom is -0.507 e. The molecule has 2 atom stereocenters. The fraction of sp³-hybridized carbons (Fsp3) is 0.348. The van der Waals surface area contributed by atoms with Crippen LogP contribution in [0.4, 0.5) is 0 Å². The third-order valence-corrected chi connectivity index (χ3v) is 6.20. The van der Waals surface area contributed by atoms with Gasteiger partial charge in [-0.2, -0.15) is 0 Å². The second-order valence-electron chi connectivity index (χ2n) is 7.67. The molecule has 1 saturated heterocycles. The molecule has 158 valence electrons. The highest BCUT2D eigenvalue weighted by molar-refractivity contribution is 6.33. The highest BCUT2D eigenvalue weighted by Gasteiger charge is 2.38. The number of likely N-dealkylation sites (tertiary alicyclic amines) is 1. The molecule has 4 rings (SSSR count). The highest BCUT2D eigenvalue weighted by Crippen LogP contribution is 2.44. The van der Waals surface area contributed by atoms with Crippen molar-refractivity contribution in [2.45, 2.75) is 31.7 Å². The first-order chi connectivity index (χ1) is 14.5. The molecule has 0 bridgehead atoms. The Labute approximate surface area is 178 Å². The minimum absolute atomic E-state index is 0.0178. The van der Waals surface area contributed by atoms with Crippen LogP contribution in [0.25, 0.3) is 22.3 Å². The highest BCUT2D eigenvalue weighted by atomic mass is 35.5. The number of halogens is 1. The Balaban J connectivity index is 1.96. The van der Waals surface area contributed by atoms with Gasteiger partial charge in [0.1, 0.15) is 28.2 Å². The third-order valence-electron chi connectivity index (χ3n) is 5.87. The number of fused-ring (bicyclic) bond motifs is 1. The van der Waals surface area contributed by atoms with Gasteiger partial charge in [0.2, 0.25) is 0 Å². The number of aliphatic hydroxyl groups excluding tert-OH is 1. The molecule has 0 unspecified atom stereocenters. The number of aromatic hydroxyl groups is 2. The van der Waals surface area contributed by atoms with Gasteiger partial charge in [-0.1, -0.05) is 30.7 Å². The molecule has 30 heavy (non-hydrogen) atoms. The molecule has 0 saturated carbocycles. The van der Waals surface area contributed by atoms with E-state index >= 15 is 0 Å². The standard InChI is InChI=1S/C23H24ClNO5/c1-2-8-25-9-7-14(16(25)12-26)21-17(27)10-18(28)22-19(29)11-20(30-23(21)22)13-5-3-4-6-15(13)24/h3-6,10-11,14,16,26-28H,2,7-9,12H2,1H3/t14-,16+/m1/s1. The zero-order chi connectivity index (χ0) is 21.4. The van der Waals surface area contributed by atoms with E-state index in [1.54, 1.807) is 24.3 Å². The van der Waals surface area contributed by atoms with Gasteiger partial charge >= 0.3 is 0 Å². The molecule has 3 N–H and O–H groups in total. The molecule has 0 spiro atoms. The van der Waals surface area contributed by atoms with Crippen molar-refractivity contribution in [2.75, 3.05) is 19.7 Å². The van der Waals surface area contributed by atoms with E-state index in [-0.39, 0.29) is 46.8 Å². The number of hydrogen-bond donors (Lipinski definition) is 3. The van der Waals surface area contributed by atoms with E-state index in [0.29, 0.717) is 22.6 Å². The summed E-state index contributed by atoms with van der Waals surface area (Å²) in [5.41, 5.74) is 0.696. The summed E-state index contributed by atoms with van der Waals surface area (Å²) in [5.74, 6) is -0.474. The van der Waals surface area contributed by atoms with Gasteiger partial charge in [0.05, 0.1) is 11.6 Å². The summed E-state index contributed by atoms with van der Waals surface area (Å²) in [7, 11) is 0. The zero-order valence-electron chi connectivity index (χ0n) is 16.6. The van der Waals surface area contributed by atoms with Crippen LogP contribution in [-0.4, -0.2) is 46.0 Å². The normalized spacial score (nSPS) is 19.6. The van der Waals surface area contributed by atoms with Crippen molar-refractivity contribution < 1.29 is 19.7 Å². The molecule has 2 aromatic carbocycles. The Morgan fingerprint density at radius 1 is 1.20 bits per heavy atom. The van der Waals surface area contributed by atoms with Crippen molar-refractivity contribution in [1.82, 2.24) is 4.90 Å². The molecule has 0 aliphatic carbocycles. The van der Waals surface area contributed by atoms with Crippen LogP contribution in [0.2, 0.25) is 5.02 Å². The van der Waals surface area contributed by atoms with Crippen molar-refractivity contribution in [3.63, 3.8) is 0 Å². The summed E-state index contributed by atoms with van der Waals surface area (Å²) in [4.78, 5) is 15.1. The predicted octanol–water partition coefficient (Wildman–Crippen LogP) is 4.08. The van der Waals surface area contributed by atoms with Crippen LogP contribution < -0.4 is 5.43 Å². The summed E-state index contributed by atoms with van der Waals surface area (Å²) < 4.78 is 6.10. The van der Waals surface area contributed by atoms with Gasteiger partial charge in [-0.05, 0) is 38.1 Å². The van der Waals surface area contributed by atoms with Gasteiger partial charge < -0.3 is 19.7 Å². The molecule has 3 aromatic rings. The first-order valence-electron chi connectivity index (χ1n) is 10.1. The van der Waals surface area contributed by atoms with Crippen molar-refractivity contribution in [1.29, 1.82) is 0 Å². The lowest BCUT2D eigenvalue weighted by Crippen LogP contribution is -2.35. The minimum atomic E-state index is -0.422. The Hall–Kier alpha value is -2.54. The quantitative estimate of drug-likeness (QED) is 0.565. The maximum atomic E-state index is 12.9. The lowest BCUT2D eigenvalue weighted by atomic mass is 9.89. The molecule has 2 heterocycles. The molecule has 1 fully saturated rings. The van der Waals surface area contributed by atoms with Gasteiger partial charge in [0.25, 0.3) is 0 Å². The van der Waals surface area contributed by atoms with Crippen LogP contribution in [0.15, 0.2) is 45.6 Å². The Morgan fingerprint density at radius 2 is 1.97 bits per heavy atom. The molecule has 1 aliphatic rings. The van der Waals surface area contributed by atoms with Crippen LogP contribution in [-0.2, 0) is 0 Å². The SMILES string of the molecule is CCCN1CC[C@@H](c2c(O)cc(O)c3c(=O)cc(-c4ccccc4Cl)oc23)[C@@H]1CO. The average molecular weight is 430 g/mol. The van der Waals surface area contributed by atoms with E-state index in [4.69, 9.17) is 16.0 Å². The second kappa shape index (κ2) is 8.30. The van der Waals surface area contributed by atoms with Crippen LogP contribution in [0.3, 0.4) is 0 Å². The van der Waals surface area contributed by atoms with E-state index in [9.17, 15) is 20.1 Å². The van der Waals surface area contributed by atoms with Gasteiger partial charge in [-0.3, -0.25) is 9.69 Å². The molecular weight excluding hydrogens is 406 g/mol. The lowest BCUT2D eigenvalue weighted by molar-refractivity contribution is 0.150. The molecular formula is C23H24ClNO5. The first kappa shape index (κ1) is 20.7.